The van der Waals surface area contributed by atoms with Gasteiger partial charge in [-0.15, -0.1) is 0 Å². The number of aryl methyl sites for hydroxylation is 2. The fourth-order valence-electron chi connectivity index (χ4n) is 4.34. The van der Waals surface area contributed by atoms with Crippen molar-refractivity contribution < 1.29 is 26.0 Å². The van der Waals surface area contributed by atoms with E-state index in [-0.39, 0.29) is 44.5 Å². The van der Waals surface area contributed by atoms with Gasteiger partial charge in [-0.1, -0.05) is 45.2 Å². The number of imidazole rings is 1. The first-order valence-corrected chi connectivity index (χ1v) is 16.7. The van der Waals surface area contributed by atoms with E-state index in [4.69, 9.17) is 16.3 Å². The van der Waals surface area contributed by atoms with Crippen molar-refractivity contribution in [1.29, 1.82) is 0 Å². The van der Waals surface area contributed by atoms with Gasteiger partial charge in [0, 0.05) is 22.8 Å². The number of rotatable bonds is 8. The third kappa shape index (κ3) is 5.60. The quantitative estimate of drug-likeness (QED) is 0.260. The monoisotopic (exact) mass is 668 g/mol. The van der Waals surface area contributed by atoms with Crippen LogP contribution >= 0.6 is 27.5 Å². The van der Waals surface area contributed by atoms with E-state index >= 15 is 4.39 Å². The summed E-state index contributed by atoms with van der Waals surface area (Å²) in [5.41, 5.74) is 1.52. The number of fused-ring (bicyclic) bond motifs is 1. The van der Waals surface area contributed by atoms with Crippen molar-refractivity contribution in [2.24, 2.45) is 4.99 Å². The molecule has 9 nitrogen and oxygen atoms in total. The van der Waals surface area contributed by atoms with Crippen LogP contribution in [0.25, 0.3) is 11.0 Å². The number of aromatic nitrogens is 2. The van der Waals surface area contributed by atoms with Gasteiger partial charge in [0.05, 0.1) is 38.9 Å². The molecule has 0 bridgehead atoms. The highest BCUT2D eigenvalue weighted by Gasteiger charge is 2.42. The van der Waals surface area contributed by atoms with Crippen molar-refractivity contribution in [3.8, 4) is 0 Å². The van der Waals surface area contributed by atoms with Crippen LogP contribution in [-0.2, 0) is 31.0 Å². The summed E-state index contributed by atoms with van der Waals surface area (Å²) in [4.78, 5) is 8.32. The van der Waals surface area contributed by atoms with E-state index in [1.54, 1.807) is 36.4 Å². The minimum absolute atomic E-state index is 0.0205. The highest BCUT2D eigenvalue weighted by Crippen LogP contribution is 2.42. The van der Waals surface area contributed by atoms with Crippen LogP contribution in [0.1, 0.15) is 17.2 Å². The van der Waals surface area contributed by atoms with Gasteiger partial charge in [0.25, 0.3) is 0 Å². The molecule has 0 spiro atoms. The number of sulfone groups is 2. The maximum Gasteiger partial charge on any atom is 0.205 e. The molecule has 1 aliphatic heterocycles. The van der Waals surface area contributed by atoms with Gasteiger partial charge >= 0.3 is 0 Å². The molecular weight excluding hydrogens is 647 g/mol. The van der Waals surface area contributed by atoms with Gasteiger partial charge in [0.2, 0.25) is 9.84 Å². The van der Waals surface area contributed by atoms with E-state index < -0.39 is 37.0 Å². The predicted molar refractivity (Wildman–Crippen MR) is 156 cm³/mol. The minimum atomic E-state index is -4.06. The zero-order chi connectivity index (χ0) is 28.8. The second kappa shape index (κ2) is 10.8. The average molecular weight is 670 g/mol. The van der Waals surface area contributed by atoms with Crippen LogP contribution < -0.4 is 5.32 Å². The summed E-state index contributed by atoms with van der Waals surface area (Å²) < 4.78 is 75.0. The highest BCUT2D eigenvalue weighted by atomic mass is 79.9. The van der Waals surface area contributed by atoms with E-state index in [9.17, 15) is 16.8 Å². The number of anilines is 2. The topological polar surface area (TPSA) is 120 Å². The van der Waals surface area contributed by atoms with Gasteiger partial charge in [-0.2, -0.15) is 0 Å². The van der Waals surface area contributed by atoms with Crippen LogP contribution in [-0.4, -0.2) is 50.2 Å². The molecule has 4 aromatic rings. The Morgan fingerprint density at radius 3 is 2.52 bits per heavy atom. The number of benzene rings is 3. The first kappa shape index (κ1) is 28.5. The molecule has 14 heteroatoms. The van der Waals surface area contributed by atoms with E-state index in [0.29, 0.717) is 10.2 Å². The number of halogens is 3. The summed E-state index contributed by atoms with van der Waals surface area (Å²) in [6, 6.07) is 12.8. The fourth-order valence-corrected chi connectivity index (χ4v) is 7.13. The number of hydrogen-bond acceptors (Lipinski definition) is 8. The smallest absolute Gasteiger partial charge is 0.205 e. The van der Waals surface area contributed by atoms with Crippen molar-refractivity contribution in [3.05, 3.63) is 81.3 Å². The van der Waals surface area contributed by atoms with Gasteiger partial charge < -0.3 is 14.6 Å². The summed E-state index contributed by atoms with van der Waals surface area (Å²) in [5.74, 6) is -0.983. The first-order chi connectivity index (χ1) is 18.8. The van der Waals surface area contributed by atoms with Crippen molar-refractivity contribution in [1.82, 2.24) is 9.55 Å². The number of nitrogens with zero attached hydrogens (tertiary/aromatic N) is 3. The molecule has 1 aliphatic rings. The van der Waals surface area contributed by atoms with Crippen molar-refractivity contribution in [3.63, 3.8) is 0 Å². The molecule has 2 unspecified atom stereocenters. The lowest BCUT2D eigenvalue weighted by molar-refractivity contribution is 0.227. The Balaban J connectivity index is 1.67. The van der Waals surface area contributed by atoms with Gasteiger partial charge in [0.1, 0.15) is 15.4 Å². The van der Waals surface area contributed by atoms with Crippen LogP contribution in [0.5, 0.6) is 0 Å². The number of nitrogens with one attached hydrogen (secondary N) is 1. The van der Waals surface area contributed by atoms with Crippen LogP contribution in [0.2, 0.25) is 5.02 Å². The summed E-state index contributed by atoms with van der Waals surface area (Å²) in [6.07, 6.45) is 2.25. The standard InChI is InChI=1S/C26H23BrClFN4O5S2/c1-15-3-6-17(7-4-15)40(36,37)26-25(38-14-31-26)18-12-21-24(30-13-33(21)9-10-39(2,34)35)22(29)23(18)32-20-8-5-16(27)11-19(20)28/h3-8,11-14,25-26,32H,9-10H2,1-2H3. The number of hydrogen-bond donors (Lipinski definition) is 1. The fraction of sp³-hybridized carbons (Fsp3) is 0.231. The van der Waals surface area contributed by atoms with Crippen LogP contribution in [0, 0.1) is 12.7 Å². The van der Waals surface area contributed by atoms with E-state index in [0.717, 1.165) is 18.2 Å². The van der Waals surface area contributed by atoms with Gasteiger partial charge in [-0.25, -0.2) is 31.2 Å². The highest BCUT2D eigenvalue weighted by molar-refractivity contribution is 9.10. The molecule has 210 valence electrons. The summed E-state index contributed by atoms with van der Waals surface area (Å²) in [6.45, 7) is 1.86. The second-order valence-corrected chi connectivity index (χ2v) is 15.0. The Labute approximate surface area is 244 Å². The summed E-state index contributed by atoms with van der Waals surface area (Å²) in [7, 11) is -7.38. The Bertz CT molecular complexity index is 1860. The normalized spacial score (nSPS) is 17.3. The van der Waals surface area contributed by atoms with Crippen LogP contribution in [0.4, 0.5) is 15.8 Å². The van der Waals surface area contributed by atoms with Crippen molar-refractivity contribution >= 4 is 76.0 Å². The third-order valence-corrected chi connectivity index (χ3v) is 10.1. The predicted octanol–water partition coefficient (Wildman–Crippen LogP) is 5.59. The zero-order valence-corrected chi connectivity index (χ0v) is 25.2. The van der Waals surface area contributed by atoms with E-state index in [2.05, 4.69) is 31.2 Å². The molecule has 3 aromatic carbocycles. The lowest BCUT2D eigenvalue weighted by Gasteiger charge is -2.23. The molecule has 0 saturated heterocycles. The van der Waals surface area contributed by atoms with Gasteiger partial charge in [-0.3, -0.25) is 0 Å². The molecule has 0 saturated carbocycles. The molecule has 40 heavy (non-hydrogen) atoms. The lowest BCUT2D eigenvalue weighted by atomic mass is 10.0. The van der Waals surface area contributed by atoms with Gasteiger partial charge in [0.15, 0.2) is 23.7 Å². The first-order valence-electron chi connectivity index (χ1n) is 11.9. The van der Waals surface area contributed by atoms with E-state index in [1.807, 2.05) is 6.92 Å². The number of aliphatic imine (C=N–C) groups is 1. The van der Waals surface area contributed by atoms with E-state index in [1.165, 1.54) is 23.0 Å². The molecule has 0 amide bonds. The molecule has 1 N–H and O–H groups in total. The molecular formula is C26H23BrClFN4O5S2. The molecule has 2 heterocycles. The van der Waals surface area contributed by atoms with Crippen molar-refractivity contribution in [2.75, 3.05) is 17.3 Å². The Hall–Kier alpha value is -3.00. The van der Waals surface area contributed by atoms with Crippen molar-refractivity contribution in [2.45, 2.75) is 29.8 Å². The third-order valence-electron chi connectivity index (χ3n) is 6.43. The number of ether oxygens (including phenoxy) is 1. The largest absolute Gasteiger partial charge is 0.472 e. The Kier molecular flexibility index (Phi) is 7.68. The molecule has 5 rings (SSSR count). The Morgan fingerprint density at radius 1 is 1.12 bits per heavy atom. The molecule has 0 radical (unpaired) electrons. The zero-order valence-electron chi connectivity index (χ0n) is 21.2. The van der Waals surface area contributed by atoms with Crippen LogP contribution in [0.15, 0.2) is 69.2 Å². The summed E-state index contributed by atoms with van der Waals surface area (Å²) in [5, 5.41) is 1.85. The van der Waals surface area contributed by atoms with Gasteiger partial charge in [-0.05, 0) is 43.3 Å². The average Bonchev–Trinajstić information content (AvgIpc) is 3.53. The summed E-state index contributed by atoms with van der Waals surface area (Å²) >= 11 is 9.74. The molecule has 0 fully saturated rings. The second-order valence-electron chi connectivity index (χ2n) is 9.40. The maximum absolute atomic E-state index is 16.2. The Morgan fingerprint density at radius 2 is 1.85 bits per heavy atom. The molecule has 2 atom stereocenters. The molecule has 0 aliphatic carbocycles. The van der Waals surface area contributed by atoms with Crippen LogP contribution in [0.3, 0.4) is 0 Å². The SMILES string of the molecule is Cc1ccc(S(=O)(=O)C2N=COC2c2cc3c(ncn3CCS(C)(=O)=O)c(F)c2Nc2ccc(Br)cc2Cl)cc1. The maximum atomic E-state index is 16.2. The minimum Gasteiger partial charge on any atom is -0.472 e. The molecule has 1 aromatic heterocycles. The lowest BCUT2D eigenvalue weighted by Crippen LogP contribution is -2.25.